The van der Waals surface area contributed by atoms with Crippen molar-refractivity contribution in [1.29, 1.82) is 0 Å². The van der Waals surface area contributed by atoms with E-state index < -0.39 is 5.97 Å². The van der Waals surface area contributed by atoms with Crippen molar-refractivity contribution < 1.29 is 9.90 Å². The summed E-state index contributed by atoms with van der Waals surface area (Å²) in [6.07, 6.45) is 1.42. The third-order valence-electron chi connectivity index (χ3n) is 2.55. The Morgan fingerprint density at radius 2 is 2.06 bits per heavy atom. The van der Waals surface area contributed by atoms with E-state index >= 15 is 0 Å². The minimum atomic E-state index is -0.931. The van der Waals surface area contributed by atoms with E-state index in [9.17, 15) is 4.79 Å². The standard InChI is InChI=1S/C14H13NO2S/c1-10-7-13(15-8-12(10)14(16)17)18-9-11-5-3-2-4-6-11/h2-8H,9H2,1H3,(H,16,17). The smallest absolute Gasteiger partial charge is 0.337 e. The molecule has 0 unspecified atom stereocenters. The third-order valence-corrected chi connectivity index (χ3v) is 3.54. The van der Waals surface area contributed by atoms with Crippen molar-refractivity contribution in [3.8, 4) is 0 Å². The van der Waals surface area contributed by atoms with Crippen LogP contribution in [0.4, 0.5) is 0 Å². The Kier molecular flexibility index (Phi) is 3.99. The molecule has 92 valence electrons. The number of carboxylic acids is 1. The van der Waals surface area contributed by atoms with Gasteiger partial charge < -0.3 is 5.11 Å². The van der Waals surface area contributed by atoms with Gasteiger partial charge >= 0.3 is 5.97 Å². The van der Waals surface area contributed by atoms with Crippen LogP contribution in [0.5, 0.6) is 0 Å². The van der Waals surface area contributed by atoms with Crippen LogP contribution in [0.2, 0.25) is 0 Å². The van der Waals surface area contributed by atoms with E-state index in [2.05, 4.69) is 17.1 Å². The maximum absolute atomic E-state index is 10.9. The zero-order valence-electron chi connectivity index (χ0n) is 9.96. The Morgan fingerprint density at radius 1 is 1.33 bits per heavy atom. The zero-order chi connectivity index (χ0) is 13.0. The van der Waals surface area contributed by atoms with E-state index in [1.165, 1.54) is 11.8 Å². The largest absolute Gasteiger partial charge is 0.478 e. The summed E-state index contributed by atoms with van der Waals surface area (Å²) < 4.78 is 0. The molecule has 0 atom stereocenters. The summed E-state index contributed by atoms with van der Waals surface area (Å²) in [6, 6.07) is 11.9. The van der Waals surface area contributed by atoms with Gasteiger partial charge in [-0.3, -0.25) is 0 Å². The Labute approximate surface area is 110 Å². The first kappa shape index (κ1) is 12.6. The molecular weight excluding hydrogens is 246 g/mol. The normalized spacial score (nSPS) is 10.3. The molecule has 0 aliphatic carbocycles. The molecular formula is C14H13NO2S. The van der Waals surface area contributed by atoms with E-state index in [-0.39, 0.29) is 5.56 Å². The van der Waals surface area contributed by atoms with Crippen molar-refractivity contribution in [2.45, 2.75) is 17.7 Å². The number of rotatable bonds is 4. The van der Waals surface area contributed by atoms with Crippen LogP contribution in [0.25, 0.3) is 0 Å². The topological polar surface area (TPSA) is 50.2 Å². The quantitative estimate of drug-likeness (QED) is 0.855. The molecule has 0 saturated carbocycles. The van der Waals surface area contributed by atoms with Crippen molar-refractivity contribution in [2.75, 3.05) is 0 Å². The molecule has 1 heterocycles. The van der Waals surface area contributed by atoms with E-state index in [0.717, 1.165) is 16.3 Å². The zero-order valence-corrected chi connectivity index (χ0v) is 10.8. The van der Waals surface area contributed by atoms with E-state index in [4.69, 9.17) is 5.11 Å². The number of carbonyl (C=O) groups is 1. The molecule has 2 aromatic rings. The second-order valence-electron chi connectivity index (χ2n) is 3.92. The summed E-state index contributed by atoms with van der Waals surface area (Å²) in [6.45, 7) is 1.79. The Balaban J connectivity index is 2.07. The molecule has 0 fully saturated rings. The number of aromatic nitrogens is 1. The van der Waals surface area contributed by atoms with Crippen molar-refractivity contribution in [3.05, 3.63) is 59.3 Å². The van der Waals surface area contributed by atoms with Crippen molar-refractivity contribution in [2.24, 2.45) is 0 Å². The predicted molar refractivity (Wildman–Crippen MR) is 71.9 cm³/mol. The van der Waals surface area contributed by atoms with Gasteiger partial charge in [-0.15, -0.1) is 11.8 Å². The van der Waals surface area contributed by atoms with Gasteiger partial charge in [0.05, 0.1) is 10.6 Å². The molecule has 0 saturated heterocycles. The number of carboxylic acid groups (broad SMARTS) is 1. The third kappa shape index (κ3) is 3.11. The fourth-order valence-electron chi connectivity index (χ4n) is 1.56. The van der Waals surface area contributed by atoms with Crippen LogP contribution in [0, 0.1) is 6.92 Å². The summed E-state index contributed by atoms with van der Waals surface area (Å²) in [4.78, 5) is 15.0. The van der Waals surface area contributed by atoms with Crippen LogP contribution in [0.1, 0.15) is 21.5 Å². The molecule has 1 aromatic carbocycles. The summed E-state index contributed by atoms with van der Waals surface area (Å²) in [5.74, 6) is -0.0979. The molecule has 1 N–H and O–H groups in total. The van der Waals surface area contributed by atoms with E-state index in [1.807, 2.05) is 24.3 Å². The number of nitrogens with zero attached hydrogens (tertiary/aromatic N) is 1. The highest BCUT2D eigenvalue weighted by Gasteiger charge is 2.08. The van der Waals surface area contributed by atoms with Crippen molar-refractivity contribution in [3.63, 3.8) is 0 Å². The van der Waals surface area contributed by atoms with E-state index in [0.29, 0.717) is 0 Å². The van der Waals surface area contributed by atoms with Gasteiger partial charge in [-0.1, -0.05) is 30.3 Å². The van der Waals surface area contributed by atoms with Crippen LogP contribution < -0.4 is 0 Å². The molecule has 1 aromatic heterocycles. The van der Waals surface area contributed by atoms with Gasteiger partial charge in [0.2, 0.25) is 0 Å². The number of aryl methyl sites for hydroxylation is 1. The predicted octanol–water partition coefficient (Wildman–Crippen LogP) is 3.38. The lowest BCUT2D eigenvalue weighted by molar-refractivity contribution is 0.0695. The van der Waals surface area contributed by atoms with Crippen LogP contribution in [-0.4, -0.2) is 16.1 Å². The number of pyridine rings is 1. The fraction of sp³-hybridized carbons (Fsp3) is 0.143. The average molecular weight is 259 g/mol. The minimum Gasteiger partial charge on any atom is -0.478 e. The van der Waals surface area contributed by atoms with Crippen LogP contribution >= 0.6 is 11.8 Å². The minimum absolute atomic E-state index is 0.263. The Bertz CT molecular complexity index is 555. The number of thioether (sulfide) groups is 1. The lowest BCUT2D eigenvalue weighted by Gasteiger charge is -2.04. The summed E-state index contributed by atoms with van der Waals surface area (Å²) in [7, 11) is 0. The van der Waals surface area contributed by atoms with Gasteiger partial charge in [0.1, 0.15) is 0 Å². The molecule has 0 bridgehead atoms. The SMILES string of the molecule is Cc1cc(SCc2ccccc2)ncc1C(=O)O. The molecule has 0 amide bonds. The van der Waals surface area contributed by atoms with Gasteiger partial charge in [-0.25, -0.2) is 9.78 Å². The Hall–Kier alpha value is -1.81. The fourth-order valence-corrected chi connectivity index (χ4v) is 2.46. The van der Waals surface area contributed by atoms with Gasteiger partial charge in [-0.05, 0) is 24.1 Å². The monoisotopic (exact) mass is 259 g/mol. The van der Waals surface area contributed by atoms with Gasteiger partial charge in [0, 0.05) is 11.9 Å². The highest BCUT2D eigenvalue weighted by molar-refractivity contribution is 7.98. The highest BCUT2D eigenvalue weighted by Crippen LogP contribution is 2.22. The molecule has 0 radical (unpaired) electrons. The molecule has 0 aliphatic heterocycles. The van der Waals surface area contributed by atoms with Crippen LogP contribution in [0.15, 0.2) is 47.6 Å². The highest BCUT2D eigenvalue weighted by atomic mass is 32.2. The molecule has 4 heteroatoms. The van der Waals surface area contributed by atoms with Crippen LogP contribution in [-0.2, 0) is 5.75 Å². The van der Waals surface area contributed by atoms with Gasteiger partial charge in [0.25, 0.3) is 0 Å². The Morgan fingerprint density at radius 3 is 2.67 bits per heavy atom. The molecule has 2 rings (SSSR count). The van der Waals surface area contributed by atoms with Crippen molar-refractivity contribution in [1.82, 2.24) is 4.98 Å². The number of benzene rings is 1. The molecule has 0 aliphatic rings. The lowest BCUT2D eigenvalue weighted by Crippen LogP contribution is -2.00. The first-order valence-electron chi connectivity index (χ1n) is 5.53. The first-order chi connectivity index (χ1) is 8.66. The van der Waals surface area contributed by atoms with Gasteiger partial charge in [-0.2, -0.15) is 0 Å². The molecule has 0 spiro atoms. The number of hydrogen-bond acceptors (Lipinski definition) is 3. The number of aromatic carboxylic acids is 1. The van der Waals surface area contributed by atoms with Gasteiger partial charge in [0.15, 0.2) is 0 Å². The molecule has 18 heavy (non-hydrogen) atoms. The second-order valence-corrected chi connectivity index (χ2v) is 4.91. The summed E-state index contributed by atoms with van der Waals surface area (Å²) in [5.41, 5.74) is 2.23. The maximum atomic E-state index is 10.9. The maximum Gasteiger partial charge on any atom is 0.337 e. The second kappa shape index (κ2) is 5.69. The average Bonchev–Trinajstić information content (AvgIpc) is 2.37. The lowest BCUT2D eigenvalue weighted by atomic mass is 10.2. The number of hydrogen-bond donors (Lipinski definition) is 1. The molecule has 3 nitrogen and oxygen atoms in total. The first-order valence-corrected chi connectivity index (χ1v) is 6.52. The summed E-state index contributed by atoms with van der Waals surface area (Å²) in [5, 5.41) is 9.77. The van der Waals surface area contributed by atoms with Crippen molar-refractivity contribution >= 4 is 17.7 Å². The van der Waals surface area contributed by atoms with Crippen LogP contribution in [0.3, 0.4) is 0 Å². The van der Waals surface area contributed by atoms with E-state index in [1.54, 1.807) is 18.7 Å². The summed E-state index contributed by atoms with van der Waals surface area (Å²) >= 11 is 1.60.